The zero-order chi connectivity index (χ0) is 17.6. The standard InChI is InChI=1S/C18H17Cl2NO3S/c19-13-4-1-2-5-15(13)21-17(22)11-25-10-12-8-14(20)18-16(9-12)23-6-3-7-24-18/h1-2,4-5,8-9H,3,6-7,10-11H2,(H,21,22). The molecule has 0 saturated carbocycles. The molecule has 0 atom stereocenters. The first-order valence-corrected chi connectivity index (χ1v) is 9.74. The van der Waals surface area contributed by atoms with Crippen molar-refractivity contribution in [1.29, 1.82) is 0 Å². The molecule has 2 aromatic carbocycles. The fraction of sp³-hybridized carbons (Fsp3) is 0.278. The largest absolute Gasteiger partial charge is 0.489 e. The topological polar surface area (TPSA) is 47.6 Å². The highest BCUT2D eigenvalue weighted by atomic mass is 35.5. The number of carbonyl (C=O) groups excluding carboxylic acids is 1. The van der Waals surface area contributed by atoms with Gasteiger partial charge in [0.15, 0.2) is 11.5 Å². The SMILES string of the molecule is O=C(CSCc1cc(Cl)c2c(c1)OCCCO2)Nc1ccccc1Cl. The lowest BCUT2D eigenvalue weighted by atomic mass is 10.2. The van der Waals surface area contributed by atoms with Gasteiger partial charge in [-0.1, -0.05) is 35.3 Å². The van der Waals surface area contributed by atoms with Gasteiger partial charge in [0.2, 0.25) is 5.91 Å². The van der Waals surface area contributed by atoms with Crippen LogP contribution < -0.4 is 14.8 Å². The molecule has 0 bridgehead atoms. The highest BCUT2D eigenvalue weighted by Gasteiger charge is 2.16. The normalized spacial score (nSPS) is 13.2. The Morgan fingerprint density at radius 3 is 2.76 bits per heavy atom. The highest BCUT2D eigenvalue weighted by Crippen LogP contribution is 2.38. The van der Waals surface area contributed by atoms with E-state index in [-0.39, 0.29) is 5.91 Å². The van der Waals surface area contributed by atoms with E-state index in [1.165, 1.54) is 11.8 Å². The second-order valence-electron chi connectivity index (χ2n) is 5.48. The van der Waals surface area contributed by atoms with E-state index < -0.39 is 0 Å². The molecule has 0 saturated heterocycles. The van der Waals surface area contributed by atoms with Gasteiger partial charge in [-0.3, -0.25) is 4.79 Å². The molecule has 1 aliphatic heterocycles. The van der Waals surface area contributed by atoms with Gasteiger partial charge in [0.05, 0.1) is 34.7 Å². The van der Waals surface area contributed by atoms with Crippen molar-refractivity contribution in [3.63, 3.8) is 0 Å². The Labute approximate surface area is 160 Å². The minimum Gasteiger partial charge on any atom is -0.489 e. The van der Waals surface area contributed by atoms with Crippen molar-refractivity contribution in [3.05, 3.63) is 52.0 Å². The lowest BCUT2D eigenvalue weighted by Crippen LogP contribution is -2.14. The van der Waals surface area contributed by atoms with Crippen molar-refractivity contribution in [2.75, 3.05) is 24.3 Å². The summed E-state index contributed by atoms with van der Waals surface area (Å²) in [5.74, 6) is 2.13. The van der Waals surface area contributed by atoms with Crippen LogP contribution in [0.4, 0.5) is 5.69 Å². The summed E-state index contributed by atoms with van der Waals surface area (Å²) in [7, 11) is 0. The molecule has 3 rings (SSSR count). The molecule has 0 radical (unpaired) electrons. The Morgan fingerprint density at radius 2 is 1.92 bits per heavy atom. The van der Waals surface area contributed by atoms with Gasteiger partial charge in [-0.2, -0.15) is 0 Å². The van der Waals surface area contributed by atoms with Gasteiger partial charge in [0.1, 0.15) is 0 Å². The number of amides is 1. The van der Waals surface area contributed by atoms with Crippen molar-refractivity contribution < 1.29 is 14.3 Å². The lowest BCUT2D eigenvalue weighted by Gasteiger charge is -2.11. The van der Waals surface area contributed by atoms with Crippen LogP contribution in [-0.2, 0) is 10.5 Å². The maximum absolute atomic E-state index is 12.0. The van der Waals surface area contributed by atoms with Gasteiger partial charge in [0, 0.05) is 12.2 Å². The number of halogens is 2. The number of hydrogen-bond acceptors (Lipinski definition) is 4. The molecule has 1 heterocycles. The molecule has 7 heteroatoms. The molecule has 0 aromatic heterocycles. The van der Waals surface area contributed by atoms with Crippen LogP contribution in [0.3, 0.4) is 0 Å². The highest BCUT2D eigenvalue weighted by molar-refractivity contribution is 7.99. The number of fused-ring (bicyclic) bond motifs is 1. The number of para-hydroxylation sites is 1. The van der Waals surface area contributed by atoms with Crippen LogP contribution in [0.15, 0.2) is 36.4 Å². The molecule has 0 spiro atoms. The van der Waals surface area contributed by atoms with Gasteiger partial charge in [-0.25, -0.2) is 0 Å². The summed E-state index contributed by atoms with van der Waals surface area (Å²) in [5, 5.41) is 3.86. The smallest absolute Gasteiger partial charge is 0.234 e. The molecule has 0 fully saturated rings. The third-order valence-electron chi connectivity index (χ3n) is 3.51. The number of nitrogens with one attached hydrogen (secondary N) is 1. The summed E-state index contributed by atoms with van der Waals surface area (Å²) >= 11 is 13.8. The minimum atomic E-state index is -0.0986. The van der Waals surface area contributed by atoms with Gasteiger partial charge < -0.3 is 14.8 Å². The maximum Gasteiger partial charge on any atom is 0.234 e. The van der Waals surface area contributed by atoms with Crippen LogP contribution in [0.2, 0.25) is 10.0 Å². The van der Waals surface area contributed by atoms with E-state index in [4.69, 9.17) is 32.7 Å². The maximum atomic E-state index is 12.0. The monoisotopic (exact) mass is 397 g/mol. The number of benzene rings is 2. The van der Waals surface area contributed by atoms with Crippen LogP contribution in [0.25, 0.3) is 0 Å². The summed E-state index contributed by atoms with van der Waals surface area (Å²) in [6.45, 7) is 1.21. The summed E-state index contributed by atoms with van der Waals surface area (Å²) < 4.78 is 11.3. The summed E-state index contributed by atoms with van der Waals surface area (Å²) in [4.78, 5) is 12.0. The number of hydrogen-bond donors (Lipinski definition) is 1. The van der Waals surface area contributed by atoms with E-state index in [1.54, 1.807) is 12.1 Å². The molecule has 1 aliphatic rings. The molecular formula is C18H17Cl2NO3S. The molecule has 1 amide bonds. The second-order valence-corrected chi connectivity index (χ2v) is 7.28. The number of ether oxygens (including phenoxy) is 2. The molecule has 0 unspecified atom stereocenters. The predicted octanol–water partition coefficient (Wildman–Crippen LogP) is 5.03. The van der Waals surface area contributed by atoms with Crippen LogP contribution in [0, 0.1) is 0 Å². The number of thioether (sulfide) groups is 1. The van der Waals surface area contributed by atoms with E-state index in [9.17, 15) is 4.79 Å². The lowest BCUT2D eigenvalue weighted by molar-refractivity contribution is -0.113. The van der Waals surface area contributed by atoms with Crippen molar-refractivity contribution in [2.45, 2.75) is 12.2 Å². The Kier molecular flexibility index (Phi) is 6.34. The molecule has 132 valence electrons. The zero-order valence-corrected chi connectivity index (χ0v) is 15.7. The van der Waals surface area contributed by atoms with Crippen molar-refractivity contribution >= 4 is 46.6 Å². The number of anilines is 1. The molecule has 1 N–H and O–H groups in total. The third-order valence-corrected chi connectivity index (χ3v) is 5.13. The summed E-state index contributed by atoms with van der Waals surface area (Å²) in [5.41, 5.74) is 1.61. The second kappa shape index (κ2) is 8.70. The van der Waals surface area contributed by atoms with Gasteiger partial charge in [0.25, 0.3) is 0 Å². The van der Waals surface area contributed by atoms with Crippen LogP contribution in [0.5, 0.6) is 11.5 Å². The quantitative estimate of drug-likeness (QED) is 0.768. The first-order chi connectivity index (χ1) is 12.1. The van der Waals surface area contributed by atoms with Crippen LogP contribution >= 0.6 is 35.0 Å². The first kappa shape index (κ1) is 18.2. The van der Waals surface area contributed by atoms with E-state index in [2.05, 4.69) is 5.32 Å². The fourth-order valence-corrected chi connectivity index (χ4v) is 3.61. The summed E-state index contributed by atoms with van der Waals surface area (Å²) in [6.07, 6.45) is 0.831. The summed E-state index contributed by atoms with van der Waals surface area (Å²) in [6, 6.07) is 10.9. The Morgan fingerprint density at radius 1 is 1.12 bits per heavy atom. The van der Waals surface area contributed by atoms with Gasteiger partial charge in [-0.05, 0) is 29.8 Å². The molecule has 0 aliphatic carbocycles. The Bertz CT molecular complexity index is 770. The third kappa shape index (κ3) is 4.97. The molecule has 2 aromatic rings. The van der Waals surface area contributed by atoms with E-state index in [1.807, 2.05) is 24.3 Å². The van der Waals surface area contributed by atoms with E-state index in [0.717, 1.165) is 12.0 Å². The first-order valence-electron chi connectivity index (χ1n) is 7.83. The fourth-order valence-electron chi connectivity index (χ4n) is 2.38. The number of rotatable bonds is 5. The molecular weight excluding hydrogens is 381 g/mol. The van der Waals surface area contributed by atoms with Gasteiger partial charge >= 0.3 is 0 Å². The van der Waals surface area contributed by atoms with Crippen LogP contribution in [0.1, 0.15) is 12.0 Å². The minimum absolute atomic E-state index is 0.0986. The zero-order valence-electron chi connectivity index (χ0n) is 13.4. The Hall–Kier alpha value is -1.56. The van der Waals surface area contributed by atoms with E-state index >= 15 is 0 Å². The van der Waals surface area contributed by atoms with E-state index in [0.29, 0.717) is 52.0 Å². The van der Waals surface area contributed by atoms with Gasteiger partial charge in [-0.15, -0.1) is 11.8 Å². The van der Waals surface area contributed by atoms with Crippen LogP contribution in [-0.4, -0.2) is 24.9 Å². The van der Waals surface area contributed by atoms with Crippen molar-refractivity contribution in [2.24, 2.45) is 0 Å². The van der Waals surface area contributed by atoms with Crippen molar-refractivity contribution in [1.82, 2.24) is 0 Å². The van der Waals surface area contributed by atoms with Crippen molar-refractivity contribution in [3.8, 4) is 11.5 Å². The number of carbonyl (C=O) groups is 1. The average Bonchev–Trinajstić information content (AvgIpc) is 2.83. The predicted molar refractivity (Wildman–Crippen MR) is 103 cm³/mol. The Balaban J connectivity index is 1.55. The average molecular weight is 398 g/mol. The molecule has 4 nitrogen and oxygen atoms in total. The molecule has 25 heavy (non-hydrogen) atoms.